The van der Waals surface area contributed by atoms with Crippen LogP contribution in [0, 0.1) is 0 Å². The van der Waals surface area contributed by atoms with Gasteiger partial charge in [-0.05, 0) is 12.1 Å². The number of nitrogens with zero attached hydrogens (tertiary/aromatic N) is 3. The zero-order valence-electron chi connectivity index (χ0n) is 14.6. The van der Waals surface area contributed by atoms with Crippen LogP contribution in [-0.2, 0) is 11.3 Å². The summed E-state index contributed by atoms with van der Waals surface area (Å²) in [7, 11) is 0. The molecule has 0 saturated carbocycles. The van der Waals surface area contributed by atoms with Gasteiger partial charge < -0.3 is 10.4 Å². The Hall–Kier alpha value is -3.54. The van der Waals surface area contributed by atoms with E-state index in [0.717, 1.165) is 22.8 Å². The fraction of sp³-hybridized carbons (Fsp3) is 0.118. The molecular formula is C17H14F3N5O3S. The molecule has 0 fully saturated rings. The van der Waals surface area contributed by atoms with Crippen molar-refractivity contribution in [3.63, 3.8) is 0 Å². The Labute approximate surface area is 166 Å². The average molecular weight is 425 g/mol. The second-order valence-corrected chi connectivity index (χ2v) is 5.97. The maximum atomic E-state index is 11.8. The summed E-state index contributed by atoms with van der Waals surface area (Å²) < 4.78 is 36.0. The quantitative estimate of drug-likeness (QED) is 0.589. The van der Waals surface area contributed by atoms with E-state index in [4.69, 9.17) is 9.90 Å². The van der Waals surface area contributed by atoms with Gasteiger partial charge in [0.1, 0.15) is 0 Å². The van der Waals surface area contributed by atoms with Crippen molar-refractivity contribution in [1.82, 2.24) is 19.7 Å². The van der Waals surface area contributed by atoms with E-state index in [1.54, 1.807) is 6.20 Å². The Morgan fingerprint density at radius 1 is 1.07 bits per heavy atom. The highest BCUT2D eigenvalue weighted by Gasteiger charge is 2.38. The molecule has 12 heteroatoms. The van der Waals surface area contributed by atoms with Crippen molar-refractivity contribution >= 4 is 28.7 Å². The van der Waals surface area contributed by atoms with Gasteiger partial charge in [0, 0.05) is 23.3 Å². The molecule has 1 aromatic carbocycles. The van der Waals surface area contributed by atoms with Crippen molar-refractivity contribution in [3.05, 3.63) is 60.4 Å². The Bertz CT molecular complexity index is 936. The normalized spacial score (nSPS) is 10.4. The molecule has 8 nitrogen and oxygen atoms in total. The number of carbonyl (C=O) groups is 2. The minimum absolute atomic E-state index is 0.332. The number of anilines is 1. The standard InChI is InChI=1S/C15H13N5OS.C2HF3O2/c21-14(17-10-12-8-4-5-9-16-12)19-15-18-13(20-22-15)11-6-2-1-3-7-11;3-2(4,5)1(6)7/h1-9H,10H2,(H2,17,18,19,20,21);(H,6,7). The highest BCUT2D eigenvalue weighted by atomic mass is 32.1. The molecule has 0 spiro atoms. The predicted octanol–water partition coefficient (Wildman–Crippen LogP) is 3.56. The van der Waals surface area contributed by atoms with Gasteiger partial charge in [0.2, 0.25) is 5.13 Å². The summed E-state index contributed by atoms with van der Waals surface area (Å²) in [6.45, 7) is 0.358. The van der Waals surface area contributed by atoms with Crippen LogP contribution in [0.4, 0.5) is 23.1 Å². The highest BCUT2D eigenvalue weighted by molar-refractivity contribution is 7.10. The zero-order chi connectivity index (χ0) is 21.3. The van der Waals surface area contributed by atoms with Crippen LogP contribution in [0.25, 0.3) is 11.4 Å². The van der Waals surface area contributed by atoms with Gasteiger partial charge >= 0.3 is 18.2 Å². The summed E-state index contributed by atoms with van der Waals surface area (Å²) in [6, 6.07) is 14.8. The molecule has 2 amide bonds. The molecule has 0 bridgehead atoms. The number of carbonyl (C=O) groups excluding carboxylic acids is 1. The second kappa shape index (κ2) is 10.1. The van der Waals surface area contributed by atoms with Crippen LogP contribution in [0.3, 0.4) is 0 Å². The van der Waals surface area contributed by atoms with Gasteiger partial charge in [-0.2, -0.15) is 22.5 Å². The molecule has 0 saturated heterocycles. The molecule has 2 aromatic heterocycles. The number of halogens is 3. The molecule has 29 heavy (non-hydrogen) atoms. The van der Waals surface area contributed by atoms with Crippen LogP contribution in [0.5, 0.6) is 0 Å². The number of rotatable bonds is 4. The van der Waals surface area contributed by atoms with Gasteiger partial charge in [0.05, 0.1) is 12.2 Å². The van der Waals surface area contributed by atoms with Gasteiger partial charge in [-0.25, -0.2) is 9.59 Å². The van der Waals surface area contributed by atoms with Crippen LogP contribution >= 0.6 is 11.5 Å². The number of carboxylic acid groups (broad SMARTS) is 1. The molecule has 0 radical (unpaired) electrons. The summed E-state index contributed by atoms with van der Waals surface area (Å²) >= 11 is 1.15. The molecule has 0 aliphatic carbocycles. The Morgan fingerprint density at radius 3 is 2.31 bits per heavy atom. The summed E-state index contributed by atoms with van der Waals surface area (Å²) in [5.74, 6) is -2.15. The molecule has 2 heterocycles. The molecule has 0 aliphatic rings. The molecule has 0 aliphatic heterocycles. The number of aromatic nitrogens is 3. The lowest BCUT2D eigenvalue weighted by Gasteiger charge is -2.04. The first-order chi connectivity index (χ1) is 13.8. The van der Waals surface area contributed by atoms with Crippen molar-refractivity contribution in [1.29, 1.82) is 0 Å². The van der Waals surface area contributed by atoms with E-state index in [-0.39, 0.29) is 6.03 Å². The van der Waals surface area contributed by atoms with Crippen molar-refractivity contribution in [2.75, 3.05) is 5.32 Å². The lowest BCUT2D eigenvalue weighted by molar-refractivity contribution is -0.192. The molecule has 152 valence electrons. The van der Waals surface area contributed by atoms with E-state index in [0.29, 0.717) is 17.5 Å². The average Bonchev–Trinajstić information content (AvgIpc) is 3.16. The van der Waals surface area contributed by atoms with E-state index in [1.807, 2.05) is 48.5 Å². The van der Waals surface area contributed by atoms with Crippen molar-refractivity contribution in [2.24, 2.45) is 0 Å². The highest BCUT2D eigenvalue weighted by Crippen LogP contribution is 2.20. The Morgan fingerprint density at radius 2 is 1.72 bits per heavy atom. The third-order valence-electron chi connectivity index (χ3n) is 3.08. The van der Waals surface area contributed by atoms with Crippen LogP contribution in [0.1, 0.15) is 5.69 Å². The number of urea groups is 1. The summed E-state index contributed by atoms with van der Waals surface area (Å²) in [5.41, 5.74) is 1.71. The molecule has 0 unspecified atom stereocenters. The van der Waals surface area contributed by atoms with Crippen LogP contribution in [0.2, 0.25) is 0 Å². The van der Waals surface area contributed by atoms with E-state index in [2.05, 4.69) is 25.0 Å². The van der Waals surface area contributed by atoms with Gasteiger partial charge in [-0.1, -0.05) is 36.4 Å². The maximum absolute atomic E-state index is 11.8. The lowest BCUT2D eigenvalue weighted by atomic mass is 10.2. The smallest absolute Gasteiger partial charge is 0.475 e. The Kier molecular flexibility index (Phi) is 7.60. The number of amides is 2. The molecule has 0 atom stereocenters. The topological polar surface area (TPSA) is 117 Å². The number of pyridine rings is 1. The predicted molar refractivity (Wildman–Crippen MR) is 99.1 cm³/mol. The van der Waals surface area contributed by atoms with Gasteiger partial charge in [0.15, 0.2) is 5.82 Å². The van der Waals surface area contributed by atoms with E-state index < -0.39 is 12.1 Å². The monoisotopic (exact) mass is 425 g/mol. The first-order valence-electron chi connectivity index (χ1n) is 7.89. The van der Waals surface area contributed by atoms with Crippen LogP contribution in [0.15, 0.2) is 54.7 Å². The summed E-state index contributed by atoms with van der Waals surface area (Å²) in [4.78, 5) is 29.1. The fourth-order valence-electron chi connectivity index (χ4n) is 1.79. The molecule has 3 N–H and O–H groups in total. The van der Waals surface area contributed by atoms with Crippen molar-refractivity contribution in [2.45, 2.75) is 12.7 Å². The summed E-state index contributed by atoms with van der Waals surface area (Å²) in [5, 5.41) is 13.0. The molecule has 3 aromatic rings. The zero-order valence-corrected chi connectivity index (χ0v) is 15.4. The minimum atomic E-state index is -5.08. The number of benzene rings is 1. The van der Waals surface area contributed by atoms with Crippen LogP contribution in [-0.4, -0.2) is 37.6 Å². The summed E-state index contributed by atoms with van der Waals surface area (Å²) in [6.07, 6.45) is -3.40. The van der Waals surface area contributed by atoms with Crippen molar-refractivity contribution < 1.29 is 27.9 Å². The Balaban J connectivity index is 0.000000370. The lowest BCUT2D eigenvalue weighted by Crippen LogP contribution is -2.28. The van der Waals surface area contributed by atoms with Gasteiger partial charge in [0.25, 0.3) is 0 Å². The second-order valence-electron chi connectivity index (χ2n) is 5.22. The number of alkyl halides is 3. The van der Waals surface area contributed by atoms with Gasteiger partial charge in [-0.15, -0.1) is 0 Å². The maximum Gasteiger partial charge on any atom is 0.490 e. The molecular weight excluding hydrogens is 411 g/mol. The third kappa shape index (κ3) is 7.54. The van der Waals surface area contributed by atoms with Gasteiger partial charge in [-0.3, -0.25) is 10.3 Å². The number of hydrogen-bond donors (Lipinski definition) is 3. The number of hydrogen-bond acceptors (Lipinski definition) is 6. The largest absolute Gasteiger partial charge is 0.490 e. The van der Waals surface area contributed by atoms with E-state index in [9.17, 15) is 18.0 Å². The first-order valence-corrected chi connectivity index (χ1v) is 8.67. The SMILES string of the molecule is O=C(NCc1ccccn1)Nc1nc(-c2ccccc2)ns1.O=C(O)C(F)(F)F. The van der Waals surface area contributed by atoms with E-state index >= 15 is 0 Å². The number of aliphatic carboxylic acids is 1. The van der Waals surface area contributed by atoms with E-state index in [1.165, 1.54) is 0 Å². The first kappa shape index (κ1) is 21.8. The third-order valence-corrected chi connectivity index (χ3v) is 3.71. The fourth-order valence-corrected chi connectivity index (χ4v) is 2.38. The van der Waals surface area contributed by atoms with Crippen molar-refractivity contribution in [3.8, 4) is 11.4 Å². The minimum Gasteiger partial charge on any atom is -0.475 e. The molecule has 3 rings (SSSR count). The number of carboxylic acids is 1. The number of nitrogens with one attached hydrogen (secondary N) is 2. The van der Waals surface area contributed by atoms with Crippen LogP contribution < -0.4 is 10.6 Å².